The minimum absolute atomic E-state index is 0.666. The average Bonchev–Trinajstić information content (AvgIpc) is 2.42. The Balaban J connectivity index is 2.79. The second kappa shape index (κ2) is 3.33. The third kappa shape index (κ3) is 1.47. The van der Waals surface area contributed by atoms with Crippen molar-refractivity contribution in [2.75, 3.05) is 0 Å². The standard InChI is InChI=1S/C9H5ClOS2/c10-8-6-2-1-5(4-11)3-7(6)13-9(8)12/h1-4,12H. The normalized spacial score (nSPS) is 10.6. The Morgan fingerprint density at radius 3 is 2.92 bits per heavy atom. The first-order chi connectivity index (χ1) is 6.22. The topological polar surface area (TPSA) is 17.1 Å². The van der Waals surface area contributed by atoms with E-state index < -0.39 is 0 Å². The highest BCUT2D eigenvalue weighted by molar-refractivity contribution is 7.83. The molecule has 2 aromatic rings. The highest BCUT2D eigenvalue weighted by atomic mass is 35.5. The molecule has 0 radical (unpaired) electrons. The largest absolute Gasteiger partial charge is 0.298 e. The van der Waals surface area contributed by atoms with Crippen LogP contribution in [-0.4, -0.2) is 6.29 Å². The summed E-state index contributed by atoms with van der Waals surface area (Å²) in [7, 11) is 0. The fourth-order valence-electron chi connectivity index (χ4n) is 1.14. The summed E-state index contributed by atoms with van der Waals surface area (Å²) in [5.74, 6) is 0. The van der Waals surface area contributed by atoms with Crippen molar-refractivity contribution in [3.8, 4) is 0 Å². The van der Waals surface area contributed by atoms with E-state index in [1.807, 2.05) is 12.1 Å². The van der Waals surface area contributed by atoms with Gasteiger partial charge in [-0.05, 0) is 6.07 Å². The van der Waals surface area contributed by atoms with Crippen molar-refractivity contribution in [3.05, 3.63) is 28.8 Å². The lowest BCUT2D eigenvalue weighted by atomic mass is 10.2. The number of benzene rings is 1. The molecule has 0 bridgehead atoms. The molecule has 0 N–H and O–H groups in total. The summed E-state index contributed by atoms with van der Waals surface area (Å²) in [4.78, 5) is 10.5. The molecule has 0 saturated heterocycles. The molecule has 1 aromatic heterocycles. The van der Waals surface area contributed by atoms with E-state index >= 15 is 0 Å². The second-order valence-corrected chi connectivity index (χ2v) is 4.77. The smallest absolute Gasteiger partial charge is 0.150 e. The number of hydrogen-bond acceptors (Lipinski definition) is 3. The summed E-state index contributed by atoms with van der Waals surface area (Å²) in [6.45, 7) is 0. The first-order valence-corrected chi connectivity index (χ1v) is 5.22. The molecule has 0 fully saturated rings. The van der Waals surface area contributed by atoms with E-state index in [-0.39, 0.29) is 0 Å². The van der Waals surface area contributed by atoms with E-state index in [1.165, 1.54) is 11.3 Å². The highest BCUT2D eigenvalue weighted by Gasteiger charge is 2.07. The molecule has 0 amide bonds. The first kappa shape index (κ1) is 9.06. The monoisotopic (exact) mass is 228 g/mol. The molecule has 0 spiro atoms. The Morgan fingerprint density at radius 1 is 1.46 bits per heavy atom. The molecule has 1 aromatic carbocycles. The van der Waals surface area contributed by atoms with E-state index in [0.717, 1.165) is 20.6 Å². The van der Waals surface area contributed by atoms with E-state index in [1.54, 1.807) is 6.07 Å². The van der Waals surface area contributed by atoms with Crippen LogP contribution in [0.1, 0.15) is 10.4 Å². The Kier molecular flexibility index (Phi) is 2.32. The van der Waals surface area contributed by atoms with Crippen molar-refractivity contribution >= 4 is 51.9 Å². The predicted octanol–water partition coefficient (Wildman–Crippen LogP) is 3.66. The molecule has 0 atom stereocenters. The quantitative estimate of drug-likeness (QED) is 0.582. The summed E-state index contributed by atoms with van der Waals surface area (Å²) in [5.41, 5.74) is 0.666. The molecule has 13 heavy (non-hydrogen) atoms. The zero-order chi connectivity index (χ0) is 9.42. The van der Waals surface area contributed by atoms with E-state index in [0.29, 0.717) is 10.6 Å². The fraction of sp³-hybridized carbons (Fsp3) is 0. The number of thiol groups is 1. The molecule has 0 unspecified atom stereocenters. The molecule has 1 heterocycles. The van der Waals surface area contributed by atoms with Gasteiger partial charge in [0.15, 0.2) is 0 Å². The maximum Gasteiger partial charge on any atom is 0.150 e. The lowest BCUT2D eigenvalue weighted by molar-refractivity contribution is 0.112. The third-order valence-electron chi connectivity index (χ3n) is 1.77. The molecular formula is C9H5ClOS2. The van der Waals surface area contributed by atoms with Gasteiger partial charge in [0, 0.05) is 15.6 Å². The van der Waals surface area contributed by atoms with Crippen LogP contribution in [0.15, 0.2) is 22.4 Å². The van der Waals surface area contributed by atoms with Crippen molar-refractivity contribution in [1.82, 2.24) is 0 Å². The predicted molar refractivity (Wildman–Crippen MR) is 59.5 cm³/mol. The lowest BCUT2D eigenvalue weighted by Gasteiger charge is -1.90. The number of carbonyl (C=O) groups is 1. The Labute approximate surface area is 89.7 Å². The SMILES string of the molecule is O=Cc1ccc2c(Cl)c(S)sc2c1. The number of halogens is 1. The summed E-state index contributed by atoms with van der Waals surface area (Å²) in [6, 6.07) is 5.41. The van der Waals surface area contributed by atoms with Crippen LogP contribution >= 0.6 is 35.6 Å². The van der Waals surface area contributed by atoms with Gasteiger partial charge < -0.3 is 0 Å². The van der Waals surface area contributed by atoms with Gasteiger partial charge in [-0.1, -0.05) is 23.7 Å². The summed E-state index contributed by atoms with van der Waals surface area (Å²) >= 11 is 11.7. The molecule has 2 rings (SSSR count). The maximum absolute atomic E-state index is 10.5. The number of carbonyl (C=O) groups excluding carboxylic acids is 1. The van der Waals surface area contributed by atoms with E-state index in [2.05, 4.69) is 12.6 Å². The van der Waals surface area contributed by atoms with Gasteiger partial charge in [0.1, 0.15) is 6.29 Å². The van der Waals surface area contributed by atoms with Gasteiger partial charge in [-0.25, -0.2) is 0 Å². The van der Waals surface area contributed by atoms with Gasteiger partial charge in [-0.2, -0.15) is 0 Å². The van der Waals surface area contributed by atoms with Gasteiger partial charge in [0.25, 0.3) is 0 Å². The first-order valence-electron chi connectivity index (χ1n) is 3.58. The fourth-order valence-corrected chi connectivity index (χ4v) is 2.78. The number of rotatable bonds is 1. The molecule has 0 aliphatic heterocycles. The van der Waals surface area contributed by atoms with Crippen LogP contribution in [0.5, 0.6) is 0 Å². The highest BCUT2D eigenvalue weighted by Crippen LogP contribution is 2.37. The van der Waals surface area contributed by atoms with Crippen molar-refractivity contribution < 1.29 is 4.79 Å². The Hall–Kier alpha value is -0.510. The molecule has 0 aliphatic carbocycles. The number of fused-ring (bicyclic) bond motifs is 1. The van der Waals surface area contributed by atoms with Crippen LogP contribution < -0.4 is 0 Å². The molecule has 66 valence electrons. The lowest BCUT2D eigenvalue weighted by Crippen LogP contribution is -1.75. The zero-order valence-corrected chi connectivity index (χ0v) is 8.92. The van der Waals surface area contributed by atoms with Crippen LogP contribution in [0.25, 0.3) is 10.1 Å². The Morgan fingerprint density at radius 2 is 2.23 bits per heavy atom. The van der Waals surface area contributed by atoms with Gasteiger partial charge in [-0.15, -0.1) is 24.0 Å². The Bertz CT molecular complexity index is 476. The van der Waals surface area contributed by atoms with E-state index in [9.17, 15) is 4.79 Å². The van der Waals surface area contributed by atoms with Crippen molar-refractivity contribution in [1.29, 1.82) is 0 Å². The molecule has 1 nitrogen and oxygen atoms in total. The summed E-state index contributed by atoms with van der Waals surface area (Å²) in [5, 5.41) is 1.63. The van der Waals surface area contributed by atoms with Crippen LogP contribution in [0.4, 0.5) is 0 Å². The van der Waals surface area contributed by atoms with Crippen molar-refractivity contribution in [2.45, 2.75) is 4.21 Å². The van der Waals surface area contributed by atoms with Gasteiger partial charge >= 0.3 is 0 Å². The molecule has 4 heteroatoms. The van der Waals surface area contributed by atoms with Gasteiger partial charge in [-0.3, -0.25) is 4.79 Å². The van der Waals surface area contributed by atoms with Gasteiger partial charge in [0.05, 0.1) is 9.23 Å². The summed E-state index contributed by atoms with van der Waals surface area (Å²) < 4.78 is 1.79. The summed E-state index contributed by atoms with van der Waals surface area (Å²) in [6.07, 6.45) is 0.825. The molecular weight excluding hydrogens is 224 g/mol. The van der Waals surface area contributed by atoms with Crippen LogP contribution in [0, 0.1) is 0 Å². The molecule has 0 saturated carbocycles. The molecule has 0 aliphatic rings. The average molecular weight is 229 g/mol. The van der Waals surface area contributed by atoms with Crippen molar-refractivity contribution in [2.24, 2.45) is 0 Å². The number of thiophene rings is 1. The second-order valence-electron chi connectivity index (χ2n) is 2.59. The minimum Gasteiger partial charge on any atom is -0.298 e. The maximum atomic E-state index is 10.5. The van der Waals surface area contributed by atoms with Crippen LogP contribution in [0.2, 0.25) is 5.02 Å². The minimum atomic E-state index is 0.666. The number of hydrogen-bond donors (Lipinski definition) is 1. The zero-order valence-electron chi connectivity index (χ0n) is 6.45. The number of aldehydes is 1. The van der Waals surface area contributed by atoms with Gasteiger partial charge in [0.2, 0.25) is 0 Å². The van der Waals surface area contributed by atoms with Crippen LogP contribution in [-0.2, 0) is 0 Å². The van der Waals surface area contributed by atoms with Crippen molar-refractivity contribution in [3.63, 3.8) is 0 Å². The third-order valence-corrected chi connectivity index (χ3v) is 3.86. The van der Waals surface area contributed by atoms with E-state index in [4.69, 9.17) is 11.6 Å². The van der Waals surface area contributed by atoms with Crippen LogP contribution in [0.3, 0.4) is 0 Å².